The van der Waals surface area contributed by atoms with Crippen LogP contribution >= 0.6 is 0 Å². The third-order valence-electron chi connectivity index (χ3n) is 6.48. The van der Waals surface area contributed by atoms with E-state index in [0.29, 0.717) is 0 Å². The second-order valence-electron chi connectivity index (χ2n) is 9.28. The van der Waals surface area contributed by atoms with E-state index in [2.05, 4.69) is 27.7 Å². The Morgan fingerprint density at radius 3 is 1.27 bits per heavy atom. The first-order valence-electron chi connectivity index (χ1n) is 13.0. The number of hydrogen-bond donors (Lipinski definition) is 0. The van der Waals surface area contributed by atoms with Gasteiger partial charge in [-0.25, -0.2) is 0 Å². The zero-order valence-electron chi connectivity index (χ0n) is 20.3. The Morgan fingerprint density at radius 2 is 0.967 bits per heavy atom. The molecule has 1 saturated heterocycles. The third kappa shape index (κ3) is 10.4. The van der Waals surface area contributed by atoms with Crippen molar-refractivity contribution < 1.29 is 15.7 Å². The van der Waals surface area contributed by atoms with Crippen LogP contribution in [0.3, 0.4) is 0 Å². The zero-order valence-corrected chi connectivity index (χ0v) is 23.2. The molecule has 4 nitrogen and oxygen atoms in total. The molecule has 5 heteroatoms. The van der Waals surface area contributed by atoms with E-state index < -0.39 is 19.2 Å². The summed E-state index contributed by atoms with van der Waals surface area (Å²) in [6.45, 7) is 8.66. The average Bonchev–Trinajstić information content (AvgIpc) is 2.74. The van der Waals surface area contributed by atoms with Crippen molar-refractivity contribution in [3.63, 3.8) is 0 Å². The standard InChI is InChI=1S/2C10H20O2.C5H10.Sn/c2*1-3-5-7-9(10(11)12)8-6-4-2;1-3-5-4-2;/h2*9H,3-8H2,1-2H3,(H,11,12);1-5H2;/q;;;+2/p-2. The molecular weight excluding hydrogens is 483 g/mol. The Labute approximate surface area is 191 Å². The van der Waals surface area contributed by atoms with Crippen molar-refractivity contribution in [2.24, 2.45) is 11.8 Å². The van der Waals surface area contributed by atoms with E-state index in [4.69, 9.17) is 6.15 Å². The van der Waals surface area contributed by atoms with Crippen LogP contribution in [0.15, 0.2) is 0 Å². The fraction of sp³-hybridized carbons (Fsp3) is 0.920. The molecule has 176 valence electrons. The summed E-state index contributed by atoms with van der Waals surface area (Å²) in [6, 6.07) is 0. The van der Waals surface area contributed by atoms with Gasteiger partial charge in [0.25, 0.3) is 0 Å². The van der Waals surface area contributed by atoms with Gasteiger partial charge in [-0.2, -0.15) is 0 Å². The first kappa shape index (κ1) is 27.8. The second-order valence-corrected chi connectivity index (χ2v) is 18.5. The summed E-state index contributed by atoms with van der Waals surface area (Å²) in [6.07, 6.45) is 15.5. The molecule has 1 aliphatic heterocycles. The maximum absolute atomic E-state index is 13.2. The van der Waals surface area contributed by atoms with Crippen LogP contribution < -0.4 is 0 Å². The number of carbonyl (C=O) groups is 2. The van der Waals surface area contributed by atoms with Crippen molar-refractivity contribution in [1.82, 2.24) is 0 Å². The summed E-state index contributed by atoms with van der Waals surface area (Å²) in [7, 11) is 0. The third-order valence-corrected chi connectivity index (χ3v) is 16.1. The predicted molar refractivity (Wildman–Crippen MR) is 126 cm³/mol. The van der Waals surface area contributed by atoms with E-state index in [1.165, 1.54) is 0 Å². The molecule has 0 unspecified atom stereocenters. The van der Waals surface area contributed by atoms with E-state index >= 15 is 0 Å². The van der Waals surface area contributed by atoms with Gasteiger partial charge in [0.15, 0.2) is 0 Å². The van der Waals surface area contributed by atoms with Gasteiger partial charge in [0, 0.05) is 0 Å². The zero-order chi connectivity index (χ0) is 22.2. The van der Waals surface area contributed by atoms with Gasteiger partial charge in [-0.15, -0.1) is 0 Å². The molecule has 1 fully saturated rings. The minimum atomic E-state index is -3.69. The summed E-state index contributed by atoms with van der Waals surface area (Å²) in [4.78, 5) is 26.3. The Bertz CT molecular complexity index is 422. The molecule has 0 radical (unpaired) electrons. The van der Waals surface area contributed by atoms with E-state index in [9.17, 15) is 9.59 Å². The van der Waals surface area contributed by atoms with Crippen molar-refractivity contribution in [3.8, 4) is 0 Å². The molecule has 0 aromatic carbocycles. The number of hydrogen-bond acceptors (Lipinski definition) is 4. The second kappa shape index (κ2) is 16.4. The van der Waals surface area contributed by atoms with Gasteiger partial charge in [-0.05, 0) is 0 Å². The van der Waals surface area contributed by atoms with E-state index in [0.717, 1.165) is 105 Å². The van der Waals surface area contributed by atoms with Gasteiger partial charge in [0.1, 0.15) is 0 Å². The van der Waals surface area contributed by atoms with E-state index in [1.54, 1.807) is 0 Å². The van der Waals surface area contributed by atoms with Gasteiger partial charge in [0.2, 0.25) is 0 Å². The SMILES string of the molecule is CCCCC(CCCC)C(=O)[O][Sn]1([O]C(=O)C(CCCC)CCCC)[CH2]CCC[CH2]1. The molecule has 0 atom stereocenters. The van der Waals surface area contributed by atoms with Crippen LogP contribution in [0, 0.1) is 11.8 Å². The van der Waals surface area contributed by atoms with Crippen LogP contribution in [0.5, 0.6) is 0 Å². The normalized spacial score (nSPS) is 16.1. The molecule has 0 spiro atoms. The van der Waals surface area contributed by atoms with Crippen molar-refractivity contribution in [3.05, 3.63) is 0 Å². The van der Waals surface area contributed by atoms with Crippen molar-refractivity contribution in [2.45, 2.75) is 133 Å². The summed E-state index contributed by atoms with van der Waals surface area (Å²) >= 11 is -3.69. The minimum absolute atomic E-state index is 0.0184. The van der Waals surface area contributed by atoms with Gasteiger partial charge < -0.3 is 0 Å². The summed E-state index contributed by atoms with van der Waals surface area (Å²) in [5, 5.41) is 0. The molecule has 0 bridgehead atoms. The predicted octanol–water partition coefficient (Wildman–Crippen LogP) is 7.69. The first-order chi connectivity index (χ1) is 14.5. The maximum atomic E-state index is 13.2. The molecule has 30 heavy (non-hydrogen) atoms. The Morgan fingerprint density at radius 1 is 0.633 bits per heavy atom. The molecule has 0 aliphatic carbocycles. The van der Waals surface area contributed by atoms with Crippen LogP contribution in [0.4, 0.5) is 0 Å². The van der Waals surface area contributed by atoms with Crippen molar-refractivity contribution >= 4 is 31.1 Å². The van der Waals surface area contributed by atoms with Crippen molar-refractivity contribution in [1.29, 1.82) is 0 Å². The summed E-state index contributed by atoms with van der Waals surface area (Å²) in [5.74, 6) is -0.146. The van der Waals surface area contributed by atoms with Crippen LogP contribution in [-0.2, 0) is 15.7 Å². The van der Waals surface area contributed by atoms with Crippen molar-refractivity contribution in [2.75, 3.05) is 0 Å². The topological polar surface area (TPSA) is 52.6 Å². The molecule has 0 amide bonds. The Balaban J connectivity index is 2.87. The fourth-order valence-electron chi connectivity index (χ4n) is 4.41. The quantitative estimate of drug-likeness (QED) is 0.192. The molecule has 0 aromatic heterocycles. The Hall–Kier alpha value is -0.261. The van der Waals surface area contributed by atoms with Crippen LogP contribution in [0.1, 0.15) is 124 Å². The number of carbonyl (C=O) groups excluding carboxylic acids is 2. The first-order valence-corrected chi connectivity index (χ1v) is 19.3. The average molecular weight is 531 g/mol. The molecule has 1 rings (SSSR count). The molecule has 1 heterocycles. The molecule has 0 saturated carbocycles. The molecule has 1 aliphatic rings. The Kier molecular flexibility index (Phi) is 15.2. The fourth-order valence-corrected chi connectivity index (χ4v) is 14.0. The van der Waals surface area contributed by atoms with Crippen LogP contribution in [-0.4, -0.2) is 31.1 Å². The van der Waals surface area contributed by atoms with Gasteiger partial charge >= 0.3 is 192 Å². The van der Waals surface area contributed by atoms with Gasteiger partial charge in [-0.1, -0.05) is 0 Å². The molecule has 0 aromatic rings. The van der Waals surface area contributed by atoms with Crippen LogP contribution in [0.2, 0.25) is 8.87 Å². The van der Waals surface area contributed by atoms with Gasteiger partial charge in [0.05, 0.1) is 0 Å². The monoisotopic (exact) mass is 532 g/mol. The number of unbranched alkanes of at least 4 members (excludes halogenated alkanes) is 4. The van der Waals surface area contributed by atoms with E-state index in [1.807, 2.05) is 0 Å². The molecule has 0 N–H and O–H groups in total. The molecular formula is C25H48O4Sn. The van der Waals surface area contributed by atoms with E-state index in [-0.39, 0.29) is 23.8 Å². The summed E-state index contributed by atoms with van der Waals surface area (Å²) in [5.41, 5.74) is 0. The summed E-state index contributed by atoms with van der Waals surface area (Å²) < 4.78 is 14.3. The van der Waals surface area contributed by atoms with Crippen LogP contribution in [0.25, 0.3) is 0 Å². The van der Waals surface area contributed by atoms with Gasteiger partial charge in [-0.3, -0.25) is 0 Å². The number of rotatable bonds is 16.